The molecule has 7 heteroatoms. The van der Waals surface area contributed by atoms with Crippen LogP contribution in [0.4, 0.5) is 0 Å². The van der Waals surface area contributed by atoms with E-state index in [1.54, 1.807) is 19.4 Å². The van der Waals surface area contributed by atoms with Gasteiger partial charge in [-0.1, -0.05) is 12.1 Å². The van der Waals surface area contributed by atoms with E-state index in [0.717, 1.165) is 39.5 Å². The van der Waals surface area contributed by atoms with Crippen molar-refractivity contribution in [2.75, 3.05) is 7.11 Å². The first kappa shape index (κ1) is 18.7. The summed E-state index contributed by atoms with van der Waals surface area (Å²) in [6.07, 6.45) is 5.25. The van der Waals surface area contributed by atoms with Crippen molar-refractivity contribution in [1.82, 2.24) is 9.55 Å². The highest BCUT2D eigenvalue weighted by Crippen LogP contribution is 2.41. The van der Waals surface area contributed by atoms with Crippen LogP contribution in [0, 0.1) is 0 Å². The molecule has 0 radical (unpaired) electrons. The summed E-state index contributed by atoms with van der Waals surface area (Å²) in [7, 11) is 3.50. The fraction of sp³-hybridized carbons (Fsp3) is 0.0833. The second kappa shape index (κ2) is 6.91. The number of hydrogen-bond donors (Lipinski definition) is 2. The van der Waals surface area contributed by atoms with Crippen LogP contribution < -0.4 is 9.47 Å². The van der Waals surface area contributed by atoms with Gasteiger partial charge >= 0.3 is 0 Å². The number of Topliss-reactive ketones (excluding diaryl/α,β-unsaturated/α-hetero) is 1. The number of aromatic hydroxyl groups is 2. The first-order valence-corrected chi connectivity index (χ1v) is 9.55. The van der Waals surface area contributed by atoms with Gasteiger partial charge in [0.2, 0.25) is 5.78 Å². The number of fused-ring (bicyclic) bond motifs is 2. The van der Waals surface area contributed by atoms with E-state index in [9.17, 15) is 15.0 Å². The highest BCUT2D eigenvalue weighted by atomic mass is 16.5. The Morgan fingerprint density at radius 1 is 1.13 bits per heavy atom. The topological polar surface area (TPSA) is 93.8 Å². The predicted molar refractivity (Wildman–Crippen MR) is 115 cm³/mol. The summed E-state index contributed by atoms with van der Waals surface area (Å²) in [6, 6.07) is 12.0. The first-order chi connectivity index (χ1) is 15.0. The number of allylic oxidation sites excluding steroid dienone is 1. The van der Waals surface area contributed by atoms with Crippen molar-refractivity contribution in [3.8, 4) is 34.1 Å². The van der Waals surface area contributed by atoms with Gasteiger partial charge in [-0.25, -0.2) is 4.98 Å². The quantitative estimate of drug-likeness (QED) is 0.486. The summed E-state index contributed by atoms with van der Waals surface area (Å²) >= 11 is 0. The normalized spacial score (nSPS) is 14.1. The van der Waals surface area contributed by atoms with Gasteiger partial charge in [0.15, 0.2) is 5.76 Å². The molecule has 0 saturated carbocycles. The minimum atomic E-state index is -0.445. The maximum atomic E-state index is 12.8. The van der Waals surface area contributed by atoms with Gasteiger partial charge in [0.25, 0.3) is 0 Å². The molecule has 5 rings (SSSR count). The van der Waals surface area contributed by atoms with Crippen LogP contribution in [-0.2, 0) is 7.05 Å². The third kappa shape index (κ3) is 2.98. The Balaban J connectivity index is 1.66. The van der Waals surface area contributed by atoms with Crippen LogP contribution in [0.1, 0.15) is 15.9 Å². The number of benzene rings is 2. The van der Waals surface area contributed by atoms with E-state index in [1.807, 2.05) is 48.1 Å². The second-order valence-corrected chi connectivity index (χ2v) is 7.26. The average molecular weight is 414 g/mol. The van der Waals surface area contributed by atoms with Crippen molar-refractivity contribution in [2.24, 2.45) is 7.05 Å². The van der Waals surface area contributed by atoms with Crippen LogP contribution in [0.15, 0.2) is 60.6 Å². The predicted octanol–water partition coefficient (Wildman–Crippen LogP) is 4.28. The van der Waals surface area contributed by atoms with E-state index in [0.29, 0.717) is 0 Å². The molecule has 4 aromatic rings. The number of nitrogens with zero attached hydrogens (tertiary/aromatic N) is 2. The Labute approximate surface area is 177 Å². The number of carbonyl (C=O) groups is 1. The number of phenolic OH excluding ortho intramolecular Hbond substituents is 2. The highest BCUT2D eigenvalue weighted by Gasteiger charge is 2.31. The first-order valence-electron chi connectivity index (χ1n) is 9.55. The molecule has 0 amide bonds. The van der Waals surface area contributed by atoms with Gasteiger partial charge in [0.1, 0.15) is 34.2 Å². The van der Waals surface area contributed by atoms with Crippen molar-refractivity contribution in [3.63, 3.8) is 0 Å². The van der Waals surface area contributed by atoms with Crippen LogP contribution in [0.5, 0.6) is 23.0 Å². The summed E-state index contributed by atoms with van der Waals surface area (Å²) in [5.74, 6) is 0.00778. The van der Waals surface area contributed by atoms with E-state index in [2.05, 4.69) is 4.98 Å². The van der Waals surface area contributed by atoms with Crippen LogP contribution in [0.3, 0.4) is 0 Å². The molecule has 2 aromatic heterocycles. The van der Waals surface area contributed by atoms with Crippen molar-refractivity contribution in [3.05, 3.63) is 71.7 Å². The molecule has 1 aliphatic heterocycles. The van der Waals surface area contributed by atoms with Gasteiger partial charge in [0.05, 0.1) is 7.11 Å². The molecule has 31 heavy (non-hydrogen) atoms. The van der Waals surface area contributed by atoms with Gasteiger partial charge in [0, 0.05) is 42.5 Å². The molecule has 0 bridgehead atoms. The molecule has 1 aliphatic rings. The van der Waals surface area contributed by atoms with E-state index in [-0.39, 0.29) is 28.6 Å². The van der Waals surface area contributed by atoms with Gasteiger partial charge in [-0.3, -0.25) is 4.79 Å². The fourth-order valence-corrected chi connectivity index (χ4v) is 3.88. The number of carbonyl (C=O) groups excluding carboxylic acids is 1. The zero-order valence-electron chi connectivity index (χ0n) is 16.8. The Bertz CT molecular complexity index is 1380. The standard InChI is InChI=1S/C24H18N2O5/c1-26-12-14(9-20-23(29)22-18(28)10-15(27)11-19(22)31-20)21-17(7-8-25-24(21)26)13-3-5-16(30-2)6-4-13/h3-12,27-28H,1-2H3/b20-9-. The SMILES string of the molecule is COc1ccc(-c2ccnc3c2c(/C=C2\Oc4cc(O)cc(O)c4C2=O)cn3C)cc1. The number of aromatic nitrogens is 2. The van der Waals surface area contributed by atoms with Gasteiger partial charge < -0.3 is 24.3 Å². The maximum absolute atomic E-state index is 12.8. The number of ketones is 1. The van der Waals surface area contributed by atoms with Gasteiger partial charge in [-0.05, 0) is 35.4 Å². The van der Waals surface area contributed by atoms with Crippen molar-refractivity contribution < 1.29 is 24.5 Å². The summed E-state index contributed by atoms with van der Waals surface area (Å²) in [6.45, 7) is 0. The lowest BCUT2D eigenvalue weighted by Gasteiger charge is -2.07. The summed E-state index contributed by atoms with van der Waals surface area (Å²) in [5, 5.41) is 20.6. The molecule has 2 aromatic carbocycles. The van der Waals surface area contributed by atoms with Gasteiger partial charge in [-0.2, -0.15) is 0 Å². The Hall–Kier alpha value is -4.26. The van der Waals surface area contributed by atoms with E-state index < -0.39 is 5.78 Å². The lowest BCUT2D eigenvalue weighted by atomic mass is 10.0. The molecular weight excluding hydrogens is 396 g/mol. The fourth-order valence-electron chi connectivity index (χ4n) is 3.88. The zero-order chi connectivity index (χ0) is 21.7. The average Bonchev–Trinajstić information content (AvgIpc) is 3.25. The van der Waals surface area contributed by atoms with Gasteiger partial charge in [-0.15, -0.1) is 0 Å². The number of pyridine rings is 1. The molecule has 0 unspecified atom stereocenters. The minimum Gasteiger partial charge on any atom is -0.508 e. The second-order valence-electron chi connectivity index (χ2n) is 7.26. The lowest BCUT2D eigenvalue weighted by molar-refractivity contribution is 0.101. The molecule has 0 atom stereocenters. The Morgan fingerprint density at radius 2 is 1.90 bits per heavy atom. The number of ether oxygens (including phenoxy) is 2. The maximum Gasteiger partial charge on any atom is 0.235 e. The molecule has 154 valence electrons. The number of methoxy groups -OCH3 is 1. The Morgan fingerprint density at radius 3 is 2.65 bits per heavy atom. The summed E-state index contributed by atoms with van der Waals surface area (Å²) < 4.78 is 12.8. The third-order valence-electron chi connectivity index (χ3n) is 5.31. The molecule has 0 saturated heterocycles. The summed E-state index contributed by atoms with van der Waals surface area (Å²) in [5.41, 5.74) is 3.46. The molecule has 2 N–H and O–H groups in total. The largest absolute Gasteiger partial charge is 0.508 e. The van der Waals surface area contributed by atoms with Crippen LogP contribution in [0.25, 0.3) is 28.2 Å². The van der Waals surface area contributed by atoms with Crippen molar-refractivity contribution >= 4 is 22.9 Å². The van der Waals surface area contributed by atoms with Crippen LogP contribution in [-0.4, -0.2) is 32.7 Å². The van der Waals surface area contributed by atoms with Crippen molar-refractivity contribution in [1.29, 1.82) is 0 Å². The monoisotopic (exact) mass is 414 g/mol. The highest BCUT2D eigenvalue weighted by molar-refractivity contribution is 6.17. The molecule has 0 spiro atoms. The smallest absolute Gasteiger partial charge is 0.235 e. The molecule has 0 fully saturated rings. The molecular formula is C24H18N2O5. The molecule has 3 heterocycles. The van der Waals surface area contributed by atoms with E-state index >= 15 is 0 Å². The number of aryl methyl sites for hydroxylation is 1. The molecule has 0 aliphatic carbocycles. The number of phenols is 2. The number of rotatable bonds is 3. The summed E-state index contributed by atoms with van der Waals surface area (Å²) in [4.78, 5) is 17.3. The molecule has 7 nitrogen and oxygen atoms in total. The third-order valence-corrected chi connectivity index (χ3v) is 5.31. The number of hydrogen-bond acceptors (Lipinski definition) is 6. The van der Waals surface area contributed by atoms with E-state index in [1.165, 1.54) is 6.07 Å². The van der Waals surface area contributed by atoms with Crippen molar-refractivity contribution in [2.45, 2.75) is 0 Å². The van der Waals surface area contributed by atoms with Crippen LogP contribution in [0.2, 0.25) is 0 Å². The Kier molecular flexibility index (Phi) is 4.18. The minimum absolute atomic E-state index is 0.0396. The zero-order valence-corrected chi connectivity index (χ0v) is 16.8. The lowest BCUT2D eigenvalue weighted by Crippen LogP contribution is -1.98. The van der Waals surface area contributed by atoms with Crippen LogP contribution >= 0.6 is 0 Å². The van der Waals surface area contributed by atoms with E-state index in [4.69, 9.17) is 9.47 Å².